The highest BCUT2D eigenvalue weighted by atomic mass is 32.2. The Balaban J connectivity index is 1.37. The van der Waals surface area contributed by atoms with Crippen LogP contribution in [0.15, 0.2) is 34.1 Å². The average Bonchev–Trinajstić information content (AvgIpc) is 3.24. The quantitative estimate of drug-likeness (QED) is 0.563. The number of likely N-dealkylation sites (tertiary alicyclic amines) is 1. The molecule has 5 nitrogen and oxygen atoms in total. The third kappa shape index (κ3) is 3.05. The molecule has 0 aromatic carbocycles. The van der Waals surface area contributed by atoms with E-state index in [1.807, 2.05) is 21.7 Å². The summed E-state index contributed by atoms with van der Waals surface area (Å²) in [5, 5.41) is 0. The van der Waals surface area contributed by atoms with Crippen LogP contribution in [0.2, 0.25) is 0 Å². The summed E-state index contributed by atoms with van der Waals surface area (Å²) in [5.41, 5.74) is 1.24. The van der Waals surface area contributed by atoms with Crippen molar-refractivity contribution in [1.29, 1.82) is 0 Å². The lowest BCUT2D eigenvalue weighted by molar-refractivity contribution is -0.123. The molecule has 4 heterocycles. The number of thioether (sulfide) groups is 1. The standard InChI is InChI=1S/C20H23N3O2S2/c24-18-7-3-6-16-14-8-13(10-22(16)18)9-21(11-14)12-17-19(25)23(20(26)27-17)15-4-1-2-5-15/h3,6-7,12-15H,1-2,4-5,8-11H2/b17-12-/t13-,14+/m1/s1. The van der Waals surface area contributed by atoms with E-state index in [0.29, 0.717) is 22.2 Å². The van der Waals surface area contributed by atoms with E-state index in [1.54, 1.807) is 6.07 Å². The largest absolute Gasteiger partial charge is 0.375 e. The Morgan fingerprint density at radius 3 is 2.74 bits per heavy atom. The molecule has 1 saturated carbocycles. The maximum atomic E-state index is 12.9. The first-order valence-electron chi connectivity index (χ1n) is 9.81. The normalized spacial score (nSPS) is 29.7. The Kier molecular flexibility index (Phi) is 4.39. The molecule has 2 atom stereocenters. The van der Waals surface area contributed by atoms with Crippen molar-refractivity contribution in [1.82, 2.24) is 14.4 Å². The lowest BCUT2D eigenvalue weighted by Crippen LogP contribution is -2.45. The number of carbonyl (C=O) groups is 1. The van der Waals surface area contributed by atoms with Gasteiger partial charge in [-0.1, -0.05) is 42.9 Å². The number of thiocarbonyl (C=S) groups is 1. The van der Waals surface area contributed by atoms with E-state index in [0.717, 1.165) is 49.5 Å². The number of carbonyl (C=O) groups excluding carboxylic acids is 1. The van der Waals surface area contributed by atoms with Crippen molar-refractivity contribution in [3.05, 3.63) is 45.4 Å². The zero-order valence-corrected chi connectivity index (χ0v) is 16.8. The molecule has 3 fully saturated rings. The SMILES string of the molecule is O=C1/C(=C/N2C[C@H]3C[C@@H](C2)c2cccc(=O)n2C3)SC(=S)N1C1CCCC1. The fourth-order valence-electron chi connectivity index (χ4n) is 5.15. The minimum absolute atomic E-state index is 0.0873. The molecule has 0 N–H and O–H groups in total. The minimum atomic E-state index is 0.0873. The molecule has 1 aromatic heterocycles. The Morgan fingerprint density at radius 2 is 1.93 bits per heavy atom. The number of nitrogens with zero attached hydrogens (tertiary/aromatic N) is 3. The molecule has 7 heteroatoms. The van der Waals surface area contributed by atoms with Crippen LogP contribution >= 0.6 is 24.0 Å². The van der Waals surface area contributed by atoms with Gasteiger partial charge in [0.25, 0.3) is 11.5 Å². The van der Waals surface area contributed by atoms with Gasteiger partial charge in [0, 0.05) is 49.6 Å². The summed E-state index contributed by atoms with van der Waals surface area (Å²) in [4.78, 5) is 30.0. The summed E-state index contributed by atoms with van der Waals surface area (Å²) in [7, 11) is 0. The molecule has 3 aliphatic heterocycles. The number of aromatic nitrogens is 1. The van der Waals surface area contributed by atoms with Gasteiger partial charge in [0.2, 0.25) is 0 Å². The molecular weight excluding hydrogens is 378 g/mol. The third-order valence-electron chi connectivity index (χ3n) is 6.32. The lowest BCUT2D eigenvalue weighted by Gasteiger charge is -2.42. The van der Waals surface area contributed by atoms with Crippen LogP contribution in [0.4, 0.5) is 0 Å². The van der Waals surface area contributed by atoms with Crippen molar-refractivity contribution in [2.45, 2.75) is 50.6 Å². The van der Waals surface area contributed by atoms with Crippen LogP contribution in [0.1, 0.15) is 43.7 Å². The molecule has 27 heavy (non-hydrogen) atoms. The number of fused-ring (bicyclic) bond motifs is 4. The average molecular weight is 402 g/mol. The first kappa shape index (κ1) is 17.5. The van der Waals surface area contributed by atoms with Gasteiger partial charge in [-0.2, -0.15) is 0 Å². The van der Waals surface area contributed by atoms with Gasteiger partial charge in [-0.15, -0.1) is 0 Å². The van der Waals surface area contributed by atoms with E-state index in [-0.39, 0.29) is 11.5 Å². The second kappa shape index (κ2) is 6.78. The molecule has 1 amide bonds. The molecule has 0 radical (unpaired) electrons. The van der Waals surface area contributed by atoms with Crippen LogP contribution in [0, 0.1) is 5.92 Å². The van der Waals surface area contributed by atoms with Gasteiger partial charge in [0.05, 0.1) is 4.91 Å². The Bertz CT molecular complexity index is 887. The zero-order chi connectivity index (χ0) is 18.5. The van der Waals surface area contributed by atoms with Crippen LogP contribution in [0.3, 0.4) is 0 Å². The van der Waals surface area contributed by atoms with Gasteiger partial charge >= 0.3 is 0 Å². The van der Waals surface area contributed by atoms with Gasteiger partial charge in [0.15, 0.2) is 0 Å². The van der Waals surface area contributed by atoms with E-state index >= 15 is 0 Å². The lowest BCUT2D eigenvalue weighted by atomic mass is 9.83. The Labute approximate surface area is 168 Å². The summed E-state index contributed by atoms with van der Waals surface area (Å²) in [6.07, 6.45) is 7.67. The second-order valence-electron chi connectivity index (χ2n) is 8.13. The minimum Gasteiger partial charge on any atom is -0.375 e. The summed E-state index contributed by atoms with van der Waals surface area (Å²) < 4.78 is 2.66. The van der Waals surface area contributed by atoms with Crippen LogP contribution < -0.4 is 5.56 Å². The van der Waals surface area contributed by atoms with E-state index < -0.39 is 0 Å². The monoisotopic (exact) mass is 401 g/mol. The highest BCUT2D eigenvalue weighted by Gasteiger charge is 2.39. The van der Waals surface area contributed by atoms with Crippen molar-refractivity contribution in [2.75, 3.05) is 13.1 Å². The van der Waals surface area contributed by atoms with E-state index in [2.05, 4.69) is 11.0 Å². The van der Waals surface area contributed by atoms with Crippen molar-refractivity contribution in [3.63, 3.8) is 0 Å². The van der Waals surface area contributed by atoms with Crippen LogP contribution in [-0.2, 0) is 11.3 Å². The van der Waals surface area contributed by atoms with E-state index in [1.165, 1.54) is 24.6 Å². The molecule has 4 aliphatic rings. The van der Waals surface area contributed by atoms with Crippen molar-refractivity contribution in [3.8, 4) is 0 Å². The van der Waals surface area contributed by atoms with Gasteiger partial charge in [-0.05, 0) is 31.2 Å². The number of hydrogen-bond acceptors (Lipinski definition) is 5. The fraction of sp³-hybridized carbons (Fsp3) is 0.550. The topological polar surface area (TPSA) is 45.6 Å². The third-order valence-corrected chi connectivity index (χ3v) is 7.64. The number of piperidine rings is 1. The molecule has 1 aliphatic carbocycles. The molecule has 0 unspecified atom stereocenters. The van der Waals surface area contributed by atoms with Crippen molar-refractivity contribution >= 4 is 34.2 Å². The maximum Gasteiger partial charge on any atom is 0.267 e. The number of amides is 1. The summed E-state index contributed by atoms with van der Waals surface area (Å²) >= 11 is 6.97. The molecule has 0 spiro atoms. The first-order valence-corrected chi connectivity index (χ1v) is 11.0. The van der Waals surface area contributed by atoms with Gasteiger partial charge < -0.3 is 9.47 Å². The zero-order valence-electron chi connectivity index (χ0n) is 15.2. The molecule has 142 valence electrons. The maximum absolute atomic E-state index is 12.9. The molecule has 2 saturated heterocycles. The molecular formula is C20H23N3O2S2. The smallest absolute Gasteiger partial charge is 0.267 e. The van der Waals surface area contributed by atoms with Crippen LogP contribution in [0.5, 0.6) is 0 Å². The van der Waals surface area contributed by atoms with Crippen molar-refractivity contribution in [2.24, 2.45) is 5.92 Å². The highest BCUT2D eigenvalue weighted by Crippen LogP contribution is 2.39. The van der Waals surface area contributed by atoms with Gasteiger partial charge in [-0.3, -0.25) is 14.5 Å². The summed E-state index contributed by atoms with van der Waals surface area (Å²) in [5.74, 6) is 0.888. The van der Waals surface area contributed by atoms with Crippen LogP contribution in [0.25, 0.3) is 0 Å². The van der Waals surface area contributed by atoms with Gasteiger partial charge in [-0.25, -0.2) is 0 Å². The summed E-state index contributed by atoms with van der Waals surface area (Å²) in [6, 6.07) is 5.88. The summed E-state index contributed by atoms with van der Waals surface area (Å²) in [6.45, 7) is 2.52. The Hall–Kier alpha value is -1.60. The number of rotatable bonds is 2. The fourth-order valence-corrected chi connectivity index (χ4v) is 6.56. The van der Waals surface area contributed by atoms with Crippen molar-refractivity contribution < 1.29 is 4.79 Å². The molecule has 1 aromatic rings. The highest BCUT2D eigenvalue weighted by molar-refractivity contribution is 8.26. The molecule has 5 rings (SSSR count). The van der Waals surface area contributed by atoms with E-state index in [4.69, 9.17) is 12.2 Å². The van der Waals surface area contributed by atoms with E-state index in [9.17, 15) is 9.59 Å². The molecule has 2 bridgehead atoms. The Morgan fingerprint density at radius 1 is 1.11 bits per heavy atom. The number of pyridine rings is 1. The van der Waals surface area contributed by atoms with Gasteiger partial charge in [0.1, 0.15) is 4.32 Å². The second-order valence-corrected chi connectivity index (χ2v) is 9.80. The predicted octanol–water partition coefficient (Wildman–Crippen LogP) is 2.91. The van der Waals surface area contributed by atoms with Crippen LogP contribution in [-0.4, -0.2) is 43.7 Å². The number of hydrogen-bond donors (Lipinski definition) is 0. The first-order chi connectivity index (χ1) is 13.1. The predicted molar refractivity (Wildman–Crippen MR) is 110 cm³/mol.